The number of fused-ring (bicyclic) bond motifs is 1. The van der Waals surface area contributed by atoms with Gasteiger partial charge in [0.05, 0.1) is 5.52 Å². The number of hydrogen-bond acceptors (Lipinski definition) is 4. The van der Waals surface area contributed by atoms with Crippen LogP contribution in [-0.2, 0) is 6.42 Å². The Kier molecular flexibility index (Phi) is 4.23. The second-order valence-electron chi connectivity index (χ2n) is 5.64. The number of carbonyl (C=O) groups is 1. The fourth-order valence-corrected chi connectivity index (χ4v) is 3.44. The SMILES string of the molecule is O=C(Nc1ncc(Cc2ccccc2)s1)c1ccc2ccccc2n1. The summed E-state index contributed by atoms with van der Waals surface area (Å²) in [4.78, 5) is 22.2. The molecular weight excluding hydrogens is 330 g/mol. The number of benzene rings is 2. The zero-order valence-electron chi connectivity index (χ0n) is 13.3. The number of amides is 1. The molecular formula is C20H15N3OS. The van der Waals surface area contributed by atoms with E-state index in [1.807, 2.05) is 48.5 Å². The maximum absolute atomic E-state index is 12.4. The quantitative estimate of drug-likeness (QED) is 0.591. The highest BCUT2D eigenvalue weighted by molar-refractivity contribution is 7.15. The molecule has 0 spiro atoms. The lowest BCUT2D eigenvalue weighted by Gasteiger charge is -2.03. The van der Waals surface area contributed by atoms with E-state index in [4.69, 9.17) is 0 Å². The molecule has 0 radical (unpaired) electrons. The van der Waals surface area contributed by atoms with Gasteiger partial charge >= 0.3 is 0 Å². The fourth-order valence-electron chi connectivity index (χ4n) is 2.60. The Hall–Kier alpha value is -3.05. The molecule has 0 aliphatic carbocycles. The summed E-state index contributed by atoms with van der Waals surface area (Å²) in [6.07, 6.45) is 2.61. The molecule has 4 aromatic rings. The highest BCUT2D eigenvalue weighted by Gasteiger charge is 2.11. The van der Waals surface area contributed by atoms with Crippen molar-refractivity contribution in [3.63, 3.8) is 0 Å². The zero-order chi connectivity index (χ0) is 17.1. The molecule has 5 heteroatoms. The van der Waals surface area contributed by atoms with Gasteiger partial charge in [0.25, 0.3) is 5.91 Å². The van der Waals surface area contributed by atoms with Crippen LogP contribution in [0.1, 0.15) is 20.9 Å². The molecule has 0 fully saturated rings. The van der Waals surface area contributed by atoms with Crippen molar-refractivity contribution in [1.82, 2.24) is 9.97 Å². The van der Waals surface area contributed by atoms with Crippen LogP contribution in [0.2, 0.25) is 0 Å². The highest BCUT2D eigenvalue weighted by atomic mass is 32.1. The molecule has 122 valence electrons. The molecule has 0 bridgehead atoms. The normalized spacial score (nSPS) is 10.7. The van der Waals surface area contributed by atoms with Crippen LogP contribution in [0.25, 0.3) is 10.9 Å². The molecule has 1 amide bonds. The van der Waals surface area contributed by atoms with Gasteiger partial charge in [-0.25, -0.2) is 9.97 Å². The highest BCUT2D eigenvalue weighted by Crippen LogP contribution is 2.22. The molecule has 25 heavy (non-hydrogen) atoms. The number of pyridine rings is 1. The van der Waals surface area contributed by atoms with Crippen molar-refractivity contribution in [1.29, 1.82) is 0 Å². The van der Waals surface area contributed by atoms with Crippen LogP contribution in [0.3, 0.4) is 0 Å². The Morgan fingerprint density at radius 3 is 2.64 bits per heavy atom. The van der Waals surface area contributed by atoms with Crippen LogP contribution >= 0.6 is 11.3 Å². The molecule has 2 aromatic heterocycles. The van der Waals surface area contributed by atoms with Crippen molar-refractivity contribution >= 4 is 33.3 Å². The second kappa shape index (κ2) is 6.83. The van der Waals surface area contributed by atoms with E-state index >= 15 is 0 Å². The number of para-hydroxylation sites is 1. The largest absolute Gasteiger partial charge is 0.296 e. The summed E-state index contributed by atoms with van der Waals surface area (Å²) in [5.41, 5.74) is 2.41. The smallest absolute Gasteiger partial charge is 0.276 e. The summed E-state index contributed by atoms with van der Waals surface area (Å²) in [6, 6.07) is 21.6. The first kappa shape index (κ1) is 15.5. The molecule has 0 aliphatic heterocycles. The van der Waals surface area contributed by atoms with E-state index in [2.05, 4.69) is 27.4 Å². The summed E-state index contributed by atoms with van der Waals surface area (Å²) in [6.45, 7) is 0. The van der Waals surface area contributed by atoms with Crippen LogP contribution in [0.4, 0.5) is 5.13 Å². The average Bonchev–Trinajstić information content (AvgIpc) is 3.09. The van der Waals surface area contributed by atoms with Crippen LogP contribution in [0.15, 0.2) is 72.9 Å². The van der Waals surface area contributed by atoms with Crippen LogP contribution in [-0.4, -0.2) is 15.9 Å². The van der Waals surface area contributed by atoms with Crippen molar-refractivity contribution in [2.45, 2.75) is 6.42 Å². The standard InChI is InChI=1S/C20H15N3OS/c24-19(18-11-10-15-8-4-5-9-17(15)22-18)23-20-21-13-16(25-20)12-14-6-2-1-3-7-14/h1-11,13H,12H2,(H,21,23,24). The van der Waals surface area contributed by atoms with Crippen molar-refractivity contribution < 1.29 is 4.79 Å². The fraction of sp³-hybridized carbons (Fsp3) is 0.0500. The lowest BCUT2D eigenvalue weighted by atomic mass is 10.1. The number of anilines is 1. The van der Waals surface area contributed by atoms with Gasteiger partial charge in [0, 0.05) is 22.9 Å². The van der Waals surface area contributed by atoms with Crippen molar-refractivity contribution in [2.24, 2.45) is 0 Å². The molecule has 2 heterocycles. The Morgan fingerprint density at radius 1 is 0.960 bits per heavy atom. The Labute approximate surface area is 149 Å². The molecule has 0 aliphatic rings. The van der Waals surface area contributed by atoms with Gasteiger partial charge in [-0.15, -0.1) is 11.3 Å². The van der Waals surface area contributed by atoms with Crippen molar-refractivity contribution in [2.75, 3.05) is 5.32 Å². The van der Waals surface area contributed by atoms with Gasteiger partial charge < -0.3 is 0 Å². The van der Waals surface area contributed by atoms with Gasteiger partial charge in [0.1, 0.15) is 5.69 Å². The number of nitrogens with zero attached hydrogens (tertiary/aromatic N) is 2. The third-order valence-electron chi connectivity index (χ3n) is 3.83. The van der Waals surface area contributed by atoms with E-state index < -0.39 is 0 Å². The van der Waals surface area contributed by atoms with E-state index in [1.54, 1.807) is 12.3 Å². The van der Waals surface area contributed by atoms with Gasteiger partial charge in [-0.3, -0.25) is 10.1 Å². The molecule has 2 aromatic carbocycles. The average molecular weight is 345 g/mol. The van der Waals surface area contributed by atoms with Crippen LogP contribution in [0.5, 0.6) is 0 Å². The minimum atomic E-state index is -0.244. The number of carbonyl (C=O) groups excluding carboxylic acids is 1. The summed E-state index contributed by atoms with van der Waals surface area (Å²) in [7, 11) is 0. The van der Waals surface area contributed by atoms with Crippen molar-refractivity contribution in [3.8, 4) is 0 Å². The van der Waals surface area contributed by atoms with E-state index in [-0.39, 0.29) is 5.91 Å². The second-order valence-corrected chi connectivity index (χ2v) is 6.75. The molecule has 4 nitrogen and oxygen atoms in total. The predicted molar refractivity (Wildman–Crippen MR) is 101 cm³/mol. The monoisotopic (exact) mass is 345 g/mol. The Bertz CT molecular complexity index is 1030. The Morgan fingerprint density at radius 2 is 1.76 bits per heavy atom. The van der Waals surface area contributed by atoms with Crippen LogP contribution < -0.4 is 5.32 Å². The lowest BCUT2D eigenvalue weighted by Crippen LogP contribution is -2.13. The molecule has 0 atom stereocenters. The first-order valence-electron chi connectivity index (χ1n) is 7.94. The molecule has 0 saturated heterocycles. The molecule has 4 rings (SSSR count). The topological polar surface area (TPSA) is 54.9 Å². The van der Waals surface area contributed by atoms with Crippen LogP contribution in [0, 0.1) is 0 Å². The number of nitrogens with one attached hydrogen (secondary N) is 1. The van der Waals surface area contributed by atoms with E-state index in [1.165, 1.54) is 16.9 Å². The Balaban J connectivity index is 1.48. The minimum absolute atomic E-state index is 0.244. The summed E-state index contributed by atoms with van der Waals surface area (Å²) < 4.78 is 0. The third kappa shape index (κ3) is 3.56. The number of hydrogen-bond donors (Lipinski definition) is 1. The summed E-state index contributed by atoms with van der Waals surface area (Å²) >= 11 is 1.48. The molecule has 1 N–H and O–H groups in total. The maximum Gasteiger partial charge on any atom is 0.276 e. The molecule has 0 unspecified atom stereocenters. The van der Waals surface area contributed by atoms with Gasteiger partial charge in [0.2, 0.25) is 0 Å². The number of aromatic nitrogens is 2. The first-order chi connectivity index (χ1) is 12.3. The zero-order valence-corrected chi connectivity index (χ0v) is 14.2. The maximum atomic E-state index is 12.4. The minimum Gasteiger partial charge on any atom is -0.296 e. The lowest BCUT2D eigenvalue weighted by molar-refractivity contribution is 0.102. The van der Waals surface area contributed by atoms with E-state index in [0.717, 1.165) is 22.2 Å². The van der Waals surface area contributed by atoms with Gasteiger partial charge in [0.15, 0.2) is 5.13 Å². The van der Waals surface area contributed by atoms with E-state index in [0.29, 0.717) is 10.8 Å². The summed E-state index contributed by atoms with van der Waals surface area (Å²) in [5, 5.41) is 4.44. The third-order valence-corrected chi connectivity index (χ3v) is 4.74. The van der Waals surface area contributed by atoms with Gasteiger partial charge in [-0.05, 0) is 17.7 Å². The first-order valence-corrected chi connectivity index (χ1v) is 8.75. The number of thiazole rings is 1. The summed E-state index contributed by atoms with van der Waals surface area (Å²) in [5.74, 6) is -0.244. The van der Waals surface area contributed by atoms with Gasteiger partial charge in [-0.2, -0.15) is 0 Å². The number of rotatable bonds is 4. The van der Waals surface area contributed by atoms with E-state index in [9.17, 15) is 4.79 Å². The predicted octanol–water partition coefficient (Wildman–Crippen LogP) is 4.53. The van der Waals surface area contributed by atoms with Crippen molar-refractivity contribution in [3.05, 3.63) is 89.1 Å². The van der Waals surface area contributed by atoms with Gasteiger partial charge in [-0.1, -0.05) is 54.6 Å². The molecule has 0 saturated carbocycles.